The summed E-state index contributed by atoms with van der Waals surface area (Å²) >= 11 is 3.42. The molecule has 0 unspecified atom stereocenters. The number of nitrogens with two attached hydrogens (primary N) is 1. The van der Waals surface area contributed by atoms with Gasteiger partial charge in [-0.1, -0.05) is 40.9 Å². The highest BCUT2D eigenvalue weighted by Gasteiger charge is 2.07. The lowest BCUT2D eigenvalue weighted by Crippen LogP contribution is -2.15. The van der Waals surface area contributed by atoms with Gasteiger partial charge in [0.1, 0.15) is 5.82 Å². The Kier molecular flexibility index (Phi) is 7.29. The predicted molar refractivity (Wildman–Crippen MR) is 96.2 cm³/mol. The van der Waals surface area contributed by atoms with Crippen LogP contribution in [-0.4, -0.2) is 22.2 Å². The van der Waals surface area contributed by atoms with Gasteiger partial charge in [-0.15, -0.1) is 0 Å². The van der Waals surface area contributed by atoms with Gasteiger partial charge in [-0.05, 0) is 37.1 Å². The molecule has 0 radical (unpaired) electrons. The average Bonchev–Trinajstić information content (AvgIpc) is 2.96. The van der Waals surface area contributed by atoms with Gasteiger partial charge in [-0.2, -0.15) is 5.10 Å². The van der Waals surface area contributed by atoms with E-state index in [0.717, 1.165) is 48.1 Å². The normalized spacial score (nSPS) is 10.7. The summed E-state index contributed by atoms with van der Waals surface area (Å²) in [7, 11) is 0. The van der Waals surface area contributed by atoms with E-state index in [4.69, 9.17) is 5.73 Å². The maximum absolute atomic E-state index is 12.0. The fourth-order valence-corrected chi connectivity index (χ4v) is 2.58. The molecule has 0 aliphatic rings. The maximum Gasteiger partial charge on any atom is 0.225 e. The summed E-state index contributed by atoms with van der Waals surface area (Å²) in [5.74, 6) is 0.773. The van der Waals surface area contributed by atoms with Crippen molar-refractivity contribution in [2.75, 3.05) is 11.9 Å². The van der Waals surface area contributed by atoms with E-state index in [2.05, 4.69) is 26.3 Å². The first kappa shape index (κ1) is 17.7. The minimum absolute atomic E-state index is 0.0373. The SMILES string of the molecule is NCCCCCCC(=O)Nc1ccnn1Cc1ccc(Br)cc1. The van der Waals surface area contributed by atoms with Crippen LogP contribution in [0.5, 0.6) is 0 Å². The second-order valence-electron chi connectivity index (χ2n) is 5.50. The molecule has 1 amide bonds. The third-order valence-corrected chi connectivity index (χ3v) is 4.12. The Hall–Kier alpha value is -1.66. The Balaban J connectivity index is 1.83. The van der Waals surface area contributed by atoms with E-state index < -0.39 is 0 Å². The van der Waals surface area contributed by atoms with Crippen molar-refractivity contribution in [1.29, 1.82) is 0 Å². The van der Waals surface area contributed by atoms with E-state index in [1.165, 1.54) is 0 Å². The Morgan fingerprint density at radius 3 is 2.61 bits per heavy atom. The predicted octanol–water partition coefficient (Wildman–Crippen LogP) is 3.54. The van der Waals surface area contributed by atoms with E-state index >= 15 is 0 Å². The van der Waals surface area contributed by atoms with Crippen LogP contribution in [0.2, 0.25) is 0 Å². The number of benzene rings is 1. The van der Waals surface area contributed by atoms with Crippen molar-refractivity contribution in [1.82, 2.24) is 9.78 Å². The van der Waals surface area contributed by atoms with Crippen molar-refractivity contribution in [3.05, 3.63) is 46.6 Å². The highest BCUT2D eigenvalue weighted by molar-refractivity contribution is 9.10. The fourth-order valence-electron chi connectivity index (χ4n) is 2.32. The van der Waals surface area contributed by atoms with Gasteiger partial charge in [0.05, 0.1) is 12.7 Å². The Morgan fingerprint density at radius 1 is 1.13 bits per heavy atom. The lowest BCUT2D eigenvalue weighted by Gasteiger charge is -2.09. The summed E-state index contributed by atoms with van der Waals surface area (Å²) in [5, 5.41) is 7.22. The second kappa shape index (κ2) is 9.47. The van der Waals surface area contributed by atoms with Gasteiger partial charge in [-0.25, -0.2) is 4.68 Å². The average molecular weight is 379 g/mol. The van der Waals surface area contributed by atoms with Crippen LogP contribution in [0.3, 0.4) is 0 Å². The monoisotopic (exact) mass is 378 g/mol. The lowest BCUT2D eigenvalue weighted by atomic mass is 10.1. The third-order valence-electron chi connectivity index (χ3n) is 3.59. The summed E-state index contributed by atoms with van der Waals surface area (Å²) < 4.78 is 2.85. The van der Waals surface area contributed by atoms with Crippen LogP contribution >= 0.6 is 15.9 Å². The summed E-state index contributed by atoms with van der Waals surface area (Å²) in [5.41, 5.74) is 6.59. The van der Waals surface area contributed by atoms with Crippen LogP contribution < -0.4 is 11.1 Å². The molecule has 0 saturated heterocycles. The highest BCUT2D eigenvalue weighted by atomic mass is 79.9. The molecule has 23 heavy (non-hydrogen) atoms. The summed E-state index contributed by atoms with van der Waals surface area (Å²) in [4.78, 5) is 12.0. The number of halogens is 1. The number of carbonyl (C=O) groups excluding carboxylic acids is 1. The zero-order valence-electron chi connectivity index (χ0n) is 13.2. The van der Waals surface area contributed by atoms with Crippen LogP contribution in [0.15, 0.2) is 41.0 Å². The summed E-state index contributed by atoms with van der Waals surface area (Å²) in [6, 6.07) is 9.89. The van der Waals surface area contributed by atoms with Crippen molar-refractivity contribution >= 4 is 27.7 Å². The number of carbonyl (C=O) groups is 1. The number of amides is 1. The number of hydrogen-bond acceptors (Lipinski definition) is 3. The summed E-state index contributed by atoms with van der Waals surface area (Å²) in [6.45, 7) is 1.35. The summed E-state index contributed by atoms with van der Waals surface area (Å²) in [6.07, 6.45) is 6.30. The van der Waals surface area contributed by atoms with E-state index in [0.29, 0.717) is 13.0 Å². The minimum Gasteiger partial charge on any atom is -0.330 e. The Labute approximate surface area is 145 Å². The van der Waals surface area contributed by atoms with Crippen LogP contribution in [0.4, 0.5) is 5.82 Å². The highest BCUT2D eigenvalue weighted by Crippen LogP contribution is 2.14. The largest absolute Gasteiger partial charge is 0.330 e. The van der Waals surface area contributed by atoms with Crippen LogP contribution in [0, 0.1) is 0 Å². The van der Waals surface area contributed by atoms with Gasteiger partial charge < -0.3 is 11.1 Å². The quantitative estimate of drug-likeness (QED) is 0.655. The van der Waals surface area contributed by atoms with Crippen molar-refractivity contribution in [3.63, 3.8) is 0 Å². The minimum atomic E-state index is 0.0373. The van der Waals surface area contributed by atoms with Crippen LogP contribution in [0.1, 0.15) is 37.7 Å². The molecule has 0 spiro atoms. The lowest BCUT2D eigenvalue weighted by molar-refractivity contribution is -0.116. The Morgan fingerprint density at radius 2 is 1.87 bits per heavy atom. The molecule has 1 aromatic heterocycles. The molecule has 5 nitrogen and oxygen atoms in total. The molecule has 2 aromatic rings. The molecule has 1 heterocycles. The van der Waals surface area contributed by atoms with Crippen LogP contribution in [-0.2, 0) is 11.3 Å². The zero-order chi connectivity index (χ0) is 16.5. The molecular formula is C17H23BrN4O. The number of nitrogens with one attached hydrogen (secondary N) is 1. The first-order chi connectivity index (χ1) is 11.2. The molecule has 2 rings (SSSR count). The molecular weight excluding hydrogens is 356 g/mol. The molecule has 0 aliphatic carbocycles. The van der Waals surface area contributed by atoms with Crippen molar-refractivity contribution < 1.29 is 4.79 Å². The van der Waals surface area contributed by atoms with E-state index in [1.54, 1.807) is 10.9 Å². The molecule has 0 saturated carbocycles. The first-order valence-corrected chi connectivity index (χ1v) is 8.74. The molecule has 0 atom stereocenters. The standard InChI is InChI=1S/C17H23BrN4O/c18-15-8-6-14(7-9-15)13-22-16(10-12-20-22)21-17(23)5-3-1-2-4-11-19/h6-10,12H,1-5,11,13,19H2,(H,21,23). The number of anilines is 1. The maximum atomic E-state index is 12.0. The number of rotatable bonds is 9. The zero-order valence-corrected chi connectivity index (χ0v) is 14.8. The number of aromatic nitrogens is 2. The van der Waals surface area contributed by atoms with Crippen molar-refractivity contribution in [3.8, 4) is 0 Å². The van der Waals surface area contributed by atoms with Crippen molar-refractivity contribution in [2.45, 2.75) is 38.6 Å². The molecule has 0 fully saturated rings. The number of hydrogen-bond donors (Lipinski definition) is 2. The number of nitrogens with zero attached hydrogens (tertiary/aromatic N) is 2. The second-order valence-corrected chi connectivity index (χ2v) is 6.42. The van der Waals surface area contributed by atoms with Gasteiger partial charge in [-0.3, -0.25) is 4.79 Å². The van der Waals surface area contributed by atoms with Gasteiger partial charge in [0.15, 0.2) is 0 Å². The van der Waals surface area contributed by atoms with Gasteiger partial charge >= 0.3 is 0 Å². The van der Waals surface area contributed by atoms with Gasteiger partial charge in [0.2, 0.25) is 5.91 Å². The van der Waals surface area contributed by atoms with E-state index in [9.17, 15) is 4.79 Å². The van der Waals surface area contributed by atoms with E-state index in [1.807, 2.05) is 30.3 Å². The molecule has 1 aromatic carbocycles. The molecule has 124 valence electrons. The molecule has 0 bridgehead atoms. The van der Waals surface area contributed by atoms with Crippen molar-refractivity contribution in [2.24, 2.45) is 5.73 Å². The van der Waals surface area contributed by atoms with E-state index in [-0.39, 0.29) is 5.91 Å². The first-order valence-electron chi connectivity index (χ1n) is 7.95. The molecule has 6 heteroatoms. The third kappa shape index (κ3) is 6.15. The fraction of sp³-hybridized carbons (Fsp3) is 0.412. The number of unbranched alkanes of at least 4 members (excludes halogenated alkanes) is 3. The van der Waals surface area contributed by atoms with Crippen LogP contribution in [0.25, 0.3) is 0 Å². The van der Waals surface area contributed by atoms with Gasteiger partial charge in [0.25, 0.3) is 0 Å². The molecule has 0 aliphatic heterocycles. The Bertz CT molecular complexity index is 609. The molecule has 3 N–H and O–H groups in total. The smallest absolute Gasteiger partial charge is 0.225 e. The topological polar surface area (TPSA) is 72.9 Å². The van der Waals surface area contributed by atoms with Gasteiger partial charge in [0, 0.05) is 17.0 Å².